The maximum atomic E-state index is 12.0. The lowest BCUT2D eigenvalue weighted by Crippen LogP contribution is -2.42. The van der Waals surface area contributed by atoms with Crippen LogP contribution in [0.15, 0.2) is 22.7 Å². The van der Waals surface area contributed by atoms with E-state index < -0.39 is 0 Å². The van der Waals surface area contributed by atoms with Crippen LogP contribution in [0.3, 0.4) is 0 Å². The molecule has 18 heavy (non-hydrogen) atoms. The summed E-state index contributed by atoms with van der Waals surface area (Å²) < 4.78 is 6.25. The number of rotatable bonds is 4. The standard InChI is InChI=1S/C13H15BrClNO2/c14-10-2-1-9(13(15)6-10)5-12(17)7-11-8-18-4-3-16-11/h1-2,6,11,16H,3-5,7-8H2. The first-order valence-electron chi connectivity index (χ1n) is 5.92. The van der Waals surface area contributed by atoms with Crippen molar-refractivity contribution in [2.24, 2.45) is 0 Å². The van der Waals surface area contributed by atoms with E-state index in [0.717, 1.165) is 23.2 Å². The van der Waals surface area contributed by atoms with Crippen molar-refractivity contribution in [2.75, 3.05) is 19.8 Å². The second-order valence-corrected chi connectivity index (χ2v) is 5.70. The summed E-state index contributed by atoms with van der Waals surface area (Å²) in [5, 5.41) is 3.90. The summed E-state index contributed by atoms with van der Waals surface area (Å²) in [6, 6.07) is 5.73. The minimum Gasteiger partial charge on any atom is -0.379 e. The van der Waals surface area contributed by atoms with Gasteiger partial charge in [-0.2, -0.15) is 0 Å². The molecule has 2 rings (SSSR count). The van der Waals surface area contributed by atoms with Crippen molar-refractivity contribution >= 4 is 33.3 Å². The minimum absolute atomic E-state index is 0.139. The quantitative estimate of drug-likeness (QED) is 0.921. The van der Waals surface area contributed by atoms with E-state index >= 15 is 0 Å². The van der Waals surface area contributed by atoms with Crippen molar-refractivity contribution in [1.82, 2.24) is 5.32 Å². The van der Waals surface area contributed by atoms with E-state index in [4.69, 9.17) is 16.3 Å². The topological polar surface area (TPSA) is 38.3 Å². The average Bonchev–Trinajstić information content (AvgIpc) is 2.34. The zero-order valence-electron chi connectivity index (χ0n) is 9.92. The zero-order chi connectivity index (χ0) is 13.0. The molecule has 1 aliphatic heterocycles. The number of carbonyl (C=O) groups is 1. The number of halogens is 2. The first-order chi connectivity index (χ1) is 8.65. The van der Waals surface area contributed by atoms with Crippen LogP contribution in [0.25, 0.3) is 0 Å². The first-order valence-corrected chi connectivity index (χ1v) is 7.09. The second kappa shape index (κ2) is 6.66. The molecular formula is C13H15BrClNO2. The summed E-state index contributed by atoms with van der Waals surface area (Å²) in [4.78, 5) is 12.0. The fraction of sp³-hybridized carbons (Fsp3) is 0.462. The van der Waals surface area contributed by atoms with E-state index in [1.165, 1.54) is 0 Å². The predicted molar refractivity (Wildman–Crippen MR) is 75.1 cm³/mol. The van der Waals surface area contributed by atoms with Gasteiger partial charge in [-0.15, -0.1) is 0 Å². The monoisotopic (exact) mass is 331 g/mol. The predicted octanol–water partition coefficient (Wildman–Crippen LogP) is 2.59. The molecule has 3 nitrogen and oxygen atoms in total. The number of hydrogen-bond acceptors (Lipinski definition) is 3. The molecular weight excluding hydrogens is 318 g/mol. The number of carbonyl (C=O) groups excluding carboxylic acids is 1. The van der Waals surface area contributed by atoms with Gasteiger partial charge in [0.05, 0.1) is 13.2 Å². The van der Waals surface area contributed by atoms with Gasteiger partial charge in [-0.25, -0.2) is 0 Å². The Kier molecular flexibility index (Phi) is 5.18. The Morgan fingerprint density at radius 2 is 2.39 bits per heavy atom. The van der Waals surface area contributed by atoms with Crippen molar-refractivity contribution in [2.45, 2.75) is 18.9 Å². The summed E-state index contributed by atoms with van der Waals surface area (Å²) in [5.74, 6) is 0.183. The third-order valence-electron chi connectivity index (χ3n) is 2.88. The van der Waals surface area contributed by atoms with Gasteiger partial charge in [0, 0.05) is 34.9 Å². The van der Waals surface area contributed by atoms with Crippen LogP contribution in [0.1, 0.15) is 12.0 Å². The molecule has 1 saturated heterocycles. The summed E-state index contributed by atoms with van der Waals surface area (Å²) in [7, 11) is 0. The van der Waals surface area contributed by atoms with Crippen LogP contribution in [-0.2, 0) is 16.0 Å². The van der Waals surface area contributed by atoms with Crippen LogP contribution >= 0.6 is 27.5 Å². The summed E-state index contributed by atoms with van der Waals surface area (Å²) in [6.07, 6.45) is 0.872. The lowest BCUT2D eigenvalue weighted by Gasteiger charge is -2.23. The molecule has 1 fully saturated rings. The molecule has 1 unspecified atom stereocenters. The van der Waals surface area contributed by atoms with Gasteiger partial charge in [-0.3, -0.25) is 4.79 Å². The fourth-order valence-corrected chi connectivity index (χ4v) is 2.72. The van der Waals surface area contributed by atoms with E-state index in [1.807, 2.05) is 18.2 Å². The summed E-state index contributed by atoms with van der Waals surface area (Å²) in [6.45, 7) is 2.15. The molecule has 1 heterocycles. The van der Waals surface area contributed by atoms with E-state index in [-0.39, 0.29) is 11.8 Å². The SMILES string of the molecule is O=C(Cc1ccc(Br)cc1Cl)CC1COCCN1. The highest BCUT2D eigenvalue weighted by Crippen LogP contribution is 2.22. The first kappa shape index (κ1) is 14.0. The van der Waals surface area contributed by atoms with Crippen molar-refractivity contribution in [1.29, 1.82) is 0 Å². The van der Waals surface area contributed by atoms with E-state index in [2.05, 4.69) is 21.2 Å². The molecule has 1 N–H and O–H groups in total. The smallest absolute Gasteiger partial charge is 0.138 e. The van der Waals surface area contributed by atoms with Crippen molar-refractivity contribution < 1.29 is 9.53 Å². The molecule has 1 aliphatic rings. The van der Waals surface area contributed by atoms with E-state index in [0.29, 0.717) is 24.5 Å². The van der Waals surface area contributed by atoms with Crippen LogP contribution < -0.4 is 5.32 Å². The van der Waals surface area contributed by atoms with Crippen LogP contribution in [0.5, 0.6) is 0 Å². The largest absolute Gasteiger partial charge is 0.379 e. The van der Waals surface area contributed by atoms with Crippen LogP contribution in [0.2, 0.25) is 5.02 Å². The highest BCUT2D eigenvalue weighted by atomic mass is 79.9. The van der Waals surface area contributed by atoms with Gasteiger partial charge in [0.15, 0.2) is 0 Å². The molecule has 0 spiro atoms. The van der Waals surface area contributed by atoms with Gasteiger partial charge >= 0.3 is 0 Å². The Morgan fingerprint density at radius 3 is 3.06 bits per heavy atom. The molecule has 98 valence electrons. The van der Waals surface area contributed by atoms with Gasteiger partial charge < -0.3 is 10.1 Å². The van der Waals surface area contributed by atoms with Gasteiger partial charge in [-0.1, -0.05) is 33.6 Å². The lowest BCUT2D eigenvalue weighted by atomic mass is 10.0. The Labute approximate surface area is 120 Å². The fourth-order valence-electron chi connectivity index (χ4n) is 1.98. The van der Waals surface area contributed by atoms with Crippen LogP contribution in [0, 0.1) is 0 Å². The van der Waals surface area contributed by atoms with Gasteiger partial charge in [0.1, 0.15) is 5.78 Å². The number of benzene rings is 1. The van der Waals surface area contributed by atoms with E-state index in [1.54, 1.807) is 0 Å². The molecule has 0 amide bonds. The molecule has 0 radical (unpaired) electrons. The van der Waals surface area contributed by atoms with Gasteiger partial charge in [-0.05, 0) is 17.7 Å². The summed E-state index contributed by atoms with van der Waals surface area (Å²) in [5.41, 5.74) is 0.876. The molecule has 0 saturated carbocycles. The summed E-state index contributed by atoms with van der Waals surface area (Å²) >= 11 is 9.44. The van der Waals surface area contributed by atoms with Crippen LogP contribution in [-0.4, -0.2) is 31.6 Å². The molecule has 0 aromatic heterocycles. The highest BCUT2D eigenvalue weighted by molar-refractivity contribution is 9.10. The number of nitrogens with one attached hydrogen (secondary N) is 1. The zero-order valence-corrected chi connectivity index (χ0v) is 12.3. The van der Waals surface area contributed by atoms with E-state index in [9.17, 15) is 4.79 Å². The maximum absolute atomic E-state index is 12.0. The van der Waals surface area contributed by atoms with Crippen molar-refractivity contribution in [3.8, 4) is 0 Å². The number of morpholine rings is 1. The molecule has 0 bridgehead atoms. The molecule has 0 aliphatic carbocycles. The number of Topliss-reactive ketones (excluding diaryl/α,β-unsaturated/α-hetero) is 1. The Balaban J connectivity index is 1.90. The van der Waals surface area contributed by atoms with Crippen LogP contribution in [0.4, 0.5) is 0 Å². The number of hydrogen-bond donors (Lipinski definition) is 1. The second-order valence-electron chi connectivity index (χ2n) is 4.38. The molecule has 1 aromatic carbocycles. The van der Waals surface area contributed by atoms with Crippen molar-refractivity contribution in [3.05, 3.63) is 33.3 Å². The third kappa shape index (κ3) is 4.05. The normalized spacial score (nSPS) is 19.8. The Bertz CT molecular complexity index is 433. The Morgan fingerprint density at radius 1 is 1.56 bits per heavy atom. The number of ether oxygens (including phenoxy) is 1. The Hall–Kier alpha value is -0.420. The lowest BCUT2D eigenvalue weighted by molar-refractivity contribution is -0.119. The maximum Gasteiger partial charge on any atom is 0.138 e. The molecule has 1 atom stereocenters. The minimum atomic E-state index is 0.139. The molecule has 5 heteroatoms. The van der Waals surface area contributed by atoms with Gasteiger partial charge in [0.2, 0.25) is 0 Å². The molecule has 1 aromatic rings. The van der Waals surface area contributed by atoms with Crippen molar-refractivity contribution in [3.63, 3.8) is 0 Å². The third-order valence-corrected chi connectivity index (χ3v) is 3.72. The number of ketones is 1. The average molecular weight is 333 g/mol. The highest BCUT2D eigenvalue weighted by Gasteiger charge is 2.17. The van der Waals surface area contributed by atoms with Gasteiger partial charge in [0.25, 0.3) is 0 Å².